The summed E-state index contributed by atoms with van der Waals surface area (Å²) in [4.78, 5) is 24.9. The summed E-state index contributed by atoms with van der Waals surface area (Å²) in [5, 5.41) is 3.60. The van der Waals surface area contributed by atoms with E-state index in [0.717, 1.165) is 12.8 Å². The lowest BCUT2D eigenvalue weighted by Crippen LogP contribution is -2.28. The first kappa shape index (κ1) is 20.5. The van der Waals surface area contributed by atoms with Crippen LogP contribution in [0.1, 0.15) is 23.1 Å². The summed E-state index contributed by atoms with van der Waals surface area (Å²) >= 11 is 0. The number of aryl methyl sites for hydroxylation is 2. The third kappa shape index (κ3) is 4.59. The zero-order valence-corrected chi connectivity index (χ0v) is 16.9. The molecule has 0 radical (unpaired) electrons. The van der Waals surface area contributed by atoms with Crippen molar-refractivity contribution in [3.05, 3.63) is 69.6 Å². The van der Waals surface area contributed by atoms with Gasteiger partial charge in [0, 0.05) is 11.9 Å². The molecule has 3 aromatic rings. The molecule has 29 heavy (non-hydrogen) atoms. The molecule has 6 heteroatoms. The van der Waals surface area contributed by atoms with Crippen molar-refractivity contribution in [1.29, 1.82) is 0 Å². The summed E-state index contributed by atoms with van der Waals surface area (Å²) in [6.07, 6.45) is 1.70. The average Bonchev–Trinajstić information content (AvgIpc) is 2.74. The van der Waals surface area contributed by atoms with Gasteiger partial charge < -0.3 is 19.2 Å². The molecule has 0 aliphatic carbocycles. The number of nitrogens with one attached hydrogen (secondary N) is 1. The first-order valence-electron chi connectivity index (χ1n) is 9.53. The van der Waals surface area contributed by atoms with Crippen LogP contribution in [0.3, 0.4) is 0 Å². The predicted molar refractivity (Wildman–Crippen MR) is 112 cm³/mol. The number of hydrogen-bond acceptors (Lipinski definition) is 5. The second-order valence-electron chi connectivity index (χ2n) is 6.79. The van der Waals surface area contributed by atoms with E-state index < -0.39 is 5.63 Å². The molecule has 0 aliphatic heterocycles. The topological polar surface area (TPSA) is 77.8 Å². The van der Waals surface area contributed by atoms with E-state index in [1.54, 1.807) is 12.1 Å². The van der Waals surface area contributed by atoms with Crippen molar-refractivity contribution in [2.24, 2.45) is 0 Å². The van der Waals surface area contributed by atoms with Crippen molar-refractivity contribution in [2.75, 3.05) is 20.8 Å². The zero-order chi connectivity index (χ0) is 20.8. The second kappa shape index (κ2) is 9.28. The molecule has 152 valence electrons. The highest BCUT2D eigenvalue weighted by atomic mass is 16.5. The fourth-order valence-corrected chi connectivity index (χ4v) is 3.36. The molecule has 3 rings (SSSR count). The first-order chi connectivity index (χ1) is 14.0. The predicted octanol–water partition coefficient (Wildman–Crippen LogP) is 3.41. The van der Waals surface area contributed by atoms with Gasteiger partial charge in [0.2, 0.25) is 11.7 Å². The molecule has 1 aromatic heterocycles. The van der Waals surface area contributed by atoms with Gasteiger partial charge >= 0.3 is 5.63 Å². The Bertz CT molecular complexity index is 1060. The van der Waals surface area contributed by atoms with Gasteiger partial charge in [-0.1, -0.05) is 30.3 Å². The van der Waals surface area contributed by atoms with Crippen LogP contribution in [0.4, 0.5) is 0 Å². The van der Waals surface area contributed by atoms with Gasteiger partial charge in [0.1, 0.15) is 0 Å². The molecule has 2 aromatic carbocycles. The molecule has 1 heterocycles. The summed E-state index contributed by atoms with van der Waals surface area (Å²) in [6.45, 7) is 2.36. The number of fused-ring (bicyclic) bond motifs is 1. The Morgan fingerprint density at radius 2 is 1.83 bits per heavy atom. The summed E-state index contributed by atoms with van der Waals surface area (Å²) < 4.78 is 16.1. The molecule has 1 amide bonds. The molecule has 6 nitrogen and oxygen atoms in total. The Balaban J connectivity index is 1.71. The van der Waals surface area contributed by atoms with Crippen molar-refractivity contribution in [1.82, 2.24) is 5.32 Å². The highest BCUT2D eigenvalue weighted by Crippen LogP contribution is 2.36. The molecule has 0 aliphatic rings. The van der Waals surface area contributed by atoms with Gasteiger partial charge in [-0.15, -0.1) is 0 Å². The minimum absolute atomic E-state index is 0.0240. The van der Waals surface area contributed by atoms with E-state index in [9.17, 15) is 9.59 Å². The van der Waals surface area contributed by atoms with E-state index >= 15 is 0 Å². The van der Waals surface area contributed by atoms with Crippen LogP contribution in [-0.2, 0) is 17.6 Å². The highest BCUT2D eigenvalue weighted by Gasteiger charge is 2.19. The number of carbonyl (C=O) groups is 1. The highest BCUT2D eigenvalue weighted by molar-refractivity contribution is 5.89. The monoisotopic (exact) mass is 395 g/mol. The number of carbonyl (C=O) groups excluding carboxylic acids is 1. The number of amides is 1. The summed E-state index contributed by atoms with van der Waals surface area (Å²) in [7, 11) is 3.01. The van der Waals surface area contributed by atoms with Gasteiger partial charge in [0.15, 0.2) is 11.3 Å². The van der Waals surface area contributed by atoms with Gasteiger partial charge in [-0.25, -0.2) is 4.79 Å². The third-order valence-electron chi connectivity index (χ3n) is 4.94. The van der Waals surface area contributed by atoms with Crippen LogP contribution in [0.15, 0.2) is 51.7 Å². The summed E-state index contributed by atoms with van der Waals surface area (Å²) in [6, 6.07) is 13.7. The van der Waals surface area contributed by atoms with Crippen LogP contribution in [0.5, 0.6) is 11.5 Å². The molecule has 0 fully saturated rings. The summed E-state index contributed by atoms with van der Waals surface area (Å²) in [5.74, 6) is 0.641. The fourth-order valence-electron chi connectivity index (χ4n) is 3.36. The third-order valence-corrected chi connectivity index (χ3v) is 4.94. The van der Waals surface area contributed by atoms with Crippen molar-refractivity contribution in [2.45, 2.75) is 26.2 Å². The van der Waals surface area contributed by atoms with Gasteiger partial charge in [-0.05, 0) is 43.0 Å². The van der Waals surface area contributed by atoms with Crippen molar-refractivity contribution >= 4 is 16.9 Å². The standard InChI is InChI=1S/C23H25NO5/c1-15-17-11-12-19(27-2)22(28-3)21(17)29-23(26)18(15)14-20(25)24-13-7-10-16-8-5-4-6-9-16/h4-6,8-9,11-12H,7,10,13-14H2,1-3H3,(H,24,25). The van der Waals surface area contributed by atoms with E-state index in [-0.39, 0.29) is 12.3 Å². The van der Waals surface area contributed by atoms with E-state index in [1.165, 1.54) is 19.8 Å². The molecule has 0 spiro atoms. The molecule has 1 N–H and O–H groups in total. The molecule has 0 saturated carbocycles. The van der Waals surface area contributed by atoms with Crippen LogP contribution in [0.2, 0.25) is 0 Å². The Morgan fingerprint density at radius 1 is 1.07 bits per heavy atom. The summed E-state index contributed by atoms with van der Waals surface area (Å²) in [5.41, 5.74) is 2.07. The van der Waals surface area contributed by atoms with Crippen molar-refractivity contribution in [3.8, 4) is 11.5 Å². The number of ether oxygens (including phenoxy) is 2. The minimum atomic E-state index is -0.541. The minimum Gasteiger partial charge on any atom is -0.493 e. The Hall–Kier alpha value is -3.28. The lowest BCUT2D eigenvalue weighted by molar-refractivity contribution is -0.120. The fraction of sp³-hybridized carbons (Fsp3) is 0.304. The van der Waals surface area contributed by atoms with Gasteiger partial charge in [0.05, 0.1) is 26.2 Å². The maximum absolute atomic E-state index is 12.5. The van der Waals surface area contributed by atoms with Crippen molar-refractivity contribution in [3.63, 3.8) is 0 Å². The van der Waals surface area contributed by atoms with E-state index in [2.05, 4.69) is 17.4 Å². The van der Waals surface area contributed by atoms with E-state index in [0.29, 0.717) is 40.1 Å². The van der Waals surface area contributed by atoms with Crippen LogP contribution in [0.25, 0.3) is 11.0 Å². The number of hydrogen-bond donors (Lipinski definition) is 1. The van der Waals surface area contributed by atoms with E-state index in [1.807, 2.05) is 25.1 Å². The number of benzene rings is 2. The zero-order valence-electron chi connectivity index (χ0n) is 16.9. The molecule has 0 bridgehead atoms. The number of methoxy groups -OCH3 is 2. The van der Waals surface area contributed by atoms with Gasteiger partial charge in [-0.2, -0.15) is 0 Å². The molecular formula is C23H25NO5. The van der Waals surface area contributed by atoms with Gasteiger partial charge in [0.25, 0.3) is 0 Å². The molecular weight excluding hydrogens is 370 g/mol. The maximum Gasteiger partial charge on any atom is 0.340 e. The SMILES string of the molecule is COc1ccc2c(C)c(CC(=O)NCCCc3ccccc3)c(=O)oc2c1OC. The first-order valence-corrected chi connectivity index (χ1v) is 9.53. The van der Waals surface area contributed by atoms with Crippen LogP contribution < -0.4 is 20.4 Å². The Morgan fingerprint density at radius 3 is 2.52 bits per heavy atom. The van der Waals surface area contributed by atoms with Crippen LogP contribution in [0, 0.1) is 6.92 Å². The largest absolute Gasteiger partial charge is 0.493 e. The van der Waals surface area contributed by atoms with Crippen LogP contribution >= 0.6 is 0 Å². The lowest BCUT2D eigenvalue weighted by atomic mass is 10.0. The average molecular weight is 395 g/mol. The second-order valence-corrected chi connectivity index (χ2v) is 6.79. The van der Waals surface area contributed by atoms with Crippen LogP contribution in [-0.4, -0.2) is 26.7 Å². The Labute approximate surface area is 169 Å². The smallest absolute Gasteiger partial charge is 0.340 e. The Kier molecular flexibility index (Phi) is 6.54. The van der Waals surface area contributed by atoms with E-state index in [4.69, 9.17) is 13.9 Å². The lowest BCUT2D eigenvalue weighted by Gasteiger charge is -2.13. The molecule has 0 saturated heterocycles. The molecule has 0 unspecified atom stereocenters. The quantitative estimate of drug-likeness (QED) is 0.467. The van der Waals surface area contributed by atoms with Gasteiger partial charge in [-0.3, -0.25) is 4.79 Å². The van der Waals surface area contributed by atoms with Crippen molar-refractivity contribution < 1.29 is 18.7 Å². The maximum atomic E-state index is 12.5. The normalized spacial score (nSPS) is 10.7. The molecule has 0 atom stereocenters. The number of rotatable bonds is 8.